The van der Waals surface area contributed by atoms with Crippen LogP contribution in [0.5, 0.6) is 0 Å². The molecule has 0 saturated heterocycles. The van der Waals surface area contributed by atoms with E-state index in [1.807, 2.05) is 18.3 Å². The molecule has 0 saturated carbocycles. The SMILES string of the molecule is S=C(Nc1ccc(Cl)c(Cl)c1)N1C=CCN1. The van der Waals surface area contributed by atoms with Crippen LogP contribution < -0.4 is 10.7 Å². The van der Waals surface area contributed by atoms with Gasteiger partial charge in [0.1, 0.15) is 0 Å². The molecule has 1 heterocycles. The van der Waals surface area contributed by atoms with E-state index in [1.165, 1.54) is 0 Å². The smallest absolute Gasteiger partial charge is 0.192 e. The zero-order valence-electron chi connectivity index (χ0n) is 8.21. The molecular weight excluding hydrogens is 265 g/mol. The highest BCUT2D eigenvalue weighted by Gasteiger charge is 2.09. The first-order valence-corrected chi connectivity index (χ1v) is 5.78. The molecule has 2 N–H and O–H groups in total. The van der Waals surface area contributed by atoms with E-state index in [1.54, 1.807) is 17.1 Å². The van der Waals surface area contributed by atoms with Crippen molar-refractivity contribution >= 4 is 46.2 Å². The molecule has 3 nitrogen and oxygen atoms in total. The van der Waals surface area contributed by atoms with Crippen LogP contribution in [-0.2, 0) is 0 Å². The van der Waals surface area contributed by atoms with Gasteiger partial charge in [-0.05, 0) is 30.4 Å². The highest BCUT2D eigenvalue weighted by Crippen LogP contribution is 2.25. The second-order valence-corrected chi connectivity index (χ2v) is 4.38. The number of nitrogens with one attached hydrogen (secondary N) is 2. The van der Waals surface area contributed by atoms with Gasteiger partial charge in [0, 0.05) is 18.4 Å². The van der Waals surface area contributed by atoms with Crippen molar-refractivity contribution in [1.29, 1.82) is 0 Å². The van der Waals surface area contributed by atoms with Crippen LogP contribution in [0.1, 0.15) is 0 Å². The van der Waals surface area contributed by atoms with Gasteiger partial charge in [0.25, 0.3) is 0 Å². The average Bonchev–Trinajstić information content (AvgIpc) is 2.77. The molecule has 0 atom stereocenters. The number of nitrogens with zero attached hydrogens (tertiary/aromatic N) is 1. The largest absolute Gasteiger partial charge is 0.331 e. The van der Waals surface area contributed by atoms with Crippen molar-refractivity contribution in [1.82, 2.24) is 10.4 Å². The van der Waals surface area contributed by atoms with E-state index in [-0.39, 0.29) is 0 Å². The molecule has 6 heteroatoms. The van der Waals surface area contributed by atoms with Gasteiger partial charge in [0.2, 0.25) is 0 Å². The van der Waals surface area contributed by atoms with Crippen molar-refractivity contribution in [2.75, 3.05) is 11.9 Å². The van der Waals surface area contributed by atoms with Gasteiger partial charge < -0.3 is 5.32 Å². The first-order valence-electron chi connectivity index (χ1n) is 4.62. The predicted octanol–water partition coefficient (Wildman–Crippen LogP) is 3.02. The van der Waals surface area contributed by atoms with Crippen molar-refractivity contribution < 1.29 is 0 Å². The number of hydrogen-bond donors (Lipinski definition) is 2. The molecule has 2 rings (SSSR count). The fourth-order valence-electron chi connectivity index (χ4n) is 1.26. The van der Waals surface area contributed by atoms with Gasteiger partial charge in [-0.3, -0.25) is 5.01 Å². The van der Waals surface area contributed by atoms with Crippen LogP contribution >= 0.6 is 35.4 Å². The second-order valence-electron chi connectivity index (χ2n) is 3.18. The van der Waals surface area contributed by atoms with Crippen LogP contribution in [0.4, 0.5) is 5.69 Å². The summed E-state index contributed by atoms with van der Waals surface area (Å²) >= 11 is 16.9. The molecule has 0 fully saturated rings. The molecule has 0 spiro atoms. The van der Waals surface area contributed by atoms with E-state index < -0.39 is 0 Å². The van der Waals surface area contributed by atoms with Crippen LogP contribution in [0.15, 0.2) is 30.5 Å². The van der Waals surface area contributed by atoms with E-state index in [0.717, 1.165) is 12.2 Å². The molecule has 1 aromatic carbocycles. The third-order valence-corrected chi connectivity index (χ3v) is 3.06. The molecule has 1 aliphatic heterocycles. The molecule has 0 radical (unpaired) electrons. The molecular formula is C10H9Cl2N3S. The minimum Gasteiger partial charge on any atom is -0.331 e. The van der Waals surface area contributed by atoms with Crippen LogP contribution in [0, 0.1) is 0 Å². The van der Waals surface area contributed by atoms with Crippen LogP contribution in [0.2, 0.25) is 10.0 Å². The van der Waals surface area contributed by atoms with Gasteiger partial charge in [0.05, 0.1) is 10.0 Å². The fourth-order valence-corrected chi connectivity index (χ4v) is 1.80. The molecule has 0 unspecified atom stereocenters. The number of hydrogen-bond acceptors (Lipinski definition) is 2. The zero-order valence-corrected chi connectivity index (χ0v) is 10.5. The Balaban J connectivity index is 2.05. The molecule has 0 amide bonds. The summed E-state index contributed by atoms with van der Waals surface area (Å²) in [5.41, 5.74) is 3.87. The highest BCUT2D eigenvalue weighted by molar-refractivity contribution is 7.80. The zero-order chi connectivity index (χ0) is 11.5. The molecule has 1 aromatic rings. The Hall–Kier alpha value is -0.810. The highest BCUT2D eigenvalue weighted by atomic mass is 35.5. The van der Waals surface area contributed by atoms with Crippen molar-refractivity contribution in [2.24, 2.45) is 0 Å². The maximum Gasteiger partial charge on any atom is 0.192 e. The quantitative estimate of drug-likeness (QED) is 0.770. The number of thiocarbonyl (C=S) groups is 1. The Morgan fingerprint density at radius 1 is 1.38 bits per heavy atom. The monoisotopic (exact) mass is 273 g/mol. The minimum atomic E-state index is 0.499. The Morgan fingerprint density at radius 2 is 2.19 bits per heavy atom. The second kappa shape index (κ2) is 5.01. The summed E-state index contributed by atoms with van der Waals surface area (Å²) in [4.78, 5) is 0. The number of rotatable bonds is 1. The van der Waals surface area contributed by atoms with Crippen molar-refractivity contribution in [3.63, 3.8) is 0 Å². The molecule has 0 bridgehead atoms. The lowest BCUT2D eigenvalue weighted by Crippen LogP contribution is -2.37. The lowest BCUT2D eigenvalue weighted by atomic mass is 10.3. The Bertz CT molecular complexity index is 448. The first kappa shape index (κ1) is 11.7. The van der Waals surface area contributed by atoms with Crippen LogP contribution in [0.3, 0.4) is 0 Å². The van der Waals surface area contributed by atoms with Crippen molar-refractivity contribution in [2.45, 2.75) is 0 Å². The minimum absolute atomic E-state index is 0.499. The summed E-state index contributed by atoms with van der Waals surface area (Å²) in [5, 5.41) is 6.37. The number of anilines is 1. The standard InChI is InChI=1S/C10H9Cl2N3S/c11-8-3-2-7(6-9(8)12)14-10(16)15-5-1-4-13-15/h1-3,5-6,13H,4H2,(H,14,16). The molecule has 0 aliphatic carbocycles. The van der Waals surface area contributed by atoms with Gasteiger partial charge in [-0.1, -0.05) is 29.3 Å². The van der Waals surface area contributed by atoms with E-state index in [0.29, 0.717) is 15.2 Å². The van der Waals surface area contributed by atoms with Gasteiger partial charge >= 0.3 is 0 Å². The predicted molar refractivity (Wildman–Crippen MR) is 71.7 cm³/mol. The van der Waals surface area contributed by atoms with Crippen LogP contribution in [0.25, 0.3) is 0 Å². The summed E-state index contributed by atoms with van der Waals surface area (Å²) in [6, 6.07) is 5.28. The van der Waals surface area contributed by atoms with Gasteiger partial charge in [-0.25, -0.2) is 5.43 Å². The Morgan fingerprint density at radius 3 is 2.81 bits per heavy atom. The van der Waals surface area contributed by atoms with Gasteiger partial charge in [-0.15, -0.1) is 0 Å². The maximum absolute atomic E-state index is 5.90. The summed E-state index contributed by atoms with van der Waals surface area (Å²) in [7, 11) is 0. The van der Waals surface area contributed by atoms with Gasteiger partial charge in [0.15, 0.2) is 5.11 Å². The molecule has 0 aromatic heterocycles. The topological polar surface area (TPSA) is 27.3 Å². The summed E-state index contributed by atoms with van der Waals surface area (Å²) in [5.74, 6) is 0. The average molecular weight is 274 g/mol. The Kier molecular flexibility index (Phi) is 3.66. The van der Waals surface area contributed by atoms with Gasteiger partial charge in [-0.2, -0.15) is 0 Å². The third kappa shape index (κ3) is 2.65. The lowest BCUT2D eigenvalue weighted by Gasteiger charge is -2.18. The van der Waals surface area contributed by atoms with Crippen LogP contribution in [-0.4, -0.2) is 16.7 Å². The maximum atomic E-state index is 5.90. The molecule has 16 heavy (non-hydrogen) atoms. The van der Waals surface area contributed by atoms with E-state index >= 15 is 0 Å². The Labute approximate surface area is 109 Å². The summed E-state index contributed by atoms with van der Waals surface area (Å²) in [6.45, 7) is 0.781. The van der Waals surface area contributed by atoms with E-state index in [4.69, 9.17) is 35.4 Å². The van der Waals surface area contributed by atoms with E-state index in [2.05, 4.69) is 10.7 Å². The first-order chi connectivity index (χ1) is 7.66. The van der Waals surface area contributed by atoms with E-state index in [9.17, 15) is 0 Å². The normalized spacial score (nSPS) is 14.2. The summed E-state index contributed by atoms with van der Waals surface area (Å²) in [6.07, 6.45) is 3.84. The molecule has 1 aliphatic rings. The number of benzene rings is 1. The molecule has 84 valence electrons. The van der Waals surface area contributed by atoms with Crippen molar-refractivity contribution in [3.8, 4) is 0 Å². The number of hydrazine groups is 1. The third-order valence-electron chi connectivity index (χ3n) is 2.02. The van der Waals surface area contributed by atoms with Crippen molar-refractivity contribution in [3.05, 3.63) is 40.5 Å². The summed E-state index contributed by atoms with van der Waals surface area (Å²) < 4.78 is 0. The fraction of sp³-hybridized carbons (Fsp3) is 0.100. The lowest BCUT2D eigenvalue weighted by molar-refractivity contribution is 0.468. The number of halogens is 2.